The zero-order valence-electron chi connectivity index (χ0n) is 13.6. The van der Waals surface area contributed by atoms with Crippen molar-refractivity contribution in [1.29, 1.82) is 0 Å². The van der Waals surface area contributed by atoms with Gasteiger partial charge in [0.15, 0.2) is 0 Å². The monoisotopic (exact) mass is 290 g/mol. The van der Waals surface area contributed by atoms with Gasteiger partial charge in [-0.1, -0.05) is 0 Å². The van der Waals surface area contributed by atoms with Gasteiger partial charge in [0, 0.05) is 7.11 Å². The lowest BCUT2D eigenvalue weighted by Gasteiger charge is -2.26. The SMILES string of the molecule is COCCO[C@H]1C(OC(C)C)[C@@H](COC(C)C)O[C@H]1C. The molecule has 1 unspecified atom stereocenters. The van der Waals surface area contributed by atoms with Crippen LogP contribution in [0.1, 0.15) is 34.6 Å². The van der Waals surface area contributed by atoms with Crippen LogP contribution >= 0.6 is 0 Å². The molecule has 20 heavy (non-hydrogen) atoms. The molecule has 1 aliphatic rings. The van der Waals surface area contributed by atoms with E-state index in [0.717, 1.165) is 0 Å². The van der Waals surface area contributed by atoms with Crippen LogP contribution in [0.2, 0.25) is 0 Å². The van der Waals surface area contributed by atoms with E-state index in [1.54, 1.807) is 7.11 Å². The third-order valence-corrected chi connectivity index (χ3v) is 3.16. The zero-order valence-corrected chi connectivity index (χ0v) is 13.6. The molecular weight excluding hydrogens is 260 g/mol. The summed E-state index contributed by atoms with van der Waals surface area (Å²) in [5.74, 6) is 0. The summed E-state index contributed by atoms with van der Waals surface area (Å²) in [7, 11) is 1.67. The lowest BCUT2D eigenvalue weighted by atomic mass is 10.1. The second kappa shape index (κ2) is 8.95. The Balaban J connectivity index is 2.60. The van der Waals surface area contributed by atoms with E-state index in [0.29, 0.717) is 19.8 Å². The van der Waals surface area contributed by atoms with E-state index in [9.17, 15) is 0 Å². The first-order valence-electron chi connectivity index (χ1n) is 7.48. The van der Waals surface area contributed by atoms with Gasteiger partial charge in [-0.05, 0) is 34.6 Å². The maximum atomic E-state index is 6.00. The smallest absolute Gasteiger partial charge is 0.115 e. The molecule has 0 radical (unpaired) electrons. The first-order chi connectivity index (χ1) is 9.45. The largest absolute Gasteiger partial charge is 0.382 e. The van der Waals surface area contributed by atoms with Crippen molar-refractivity contribution in [3.8, 4) is 0 Å². The maximum absolute atomic E-state index is 6.00. The first kappa shape index (κ1) is 17.9. The third kappa shape index (κ3) is 5.66. The Morgan fingerprint density at radius 2 is 1.70 bits per heavy atom. The molecule has 120 valence electrons. The van der Waals surface area contributed by atoms with Crippen molar-refractivity contribution in [3.63, 3.8) is 0 Å². The highest BCUT2D eigenvalue weighted by Gasteiger charge is 2.44. The molecule has 1 heterocycles. The van der Waals surface area contributed by atoms with Crippen molar-refractivity contribution < 1.29 is 23.7 Å². The molecular formula is C15H30O5. The van der Waals surface area contributed by atoms with Gasteiger partial charge in [0.05, 0.1) is 38.1 Å². The molecule has 0 bridgehead atoms. The third-order valence-electron chi connectivity index (χ3n) is 3.16. The van der Waals surface area contributed by atoms with Crippen molar-refractivity contribution in [2.24, 2.45) is 0 Å². The van der Waals surface area contributed by atoms with Crippen LogP contribution in [-0.2, 0) is 23.7 Å². The predicted molar refractivity (Wildman–Crippen MR) is 77.0 cm³/mol. The fourth-order valence-corrected chi connectivity index (χ4v) is 2.31. The molecule has 0 aromatic carbocycles. The van der Waals surface area contributed by atoms with Crippen LogP contribution in [0.15, 0.2) is 0 Å². The molecule has 0 N–H and O–H groups in total. The minimum atomic E-state index is -0.0967. The Morgan fingerprint density at radius 3 is 2.25 bits per heavy atom. The number of hydrogen-bond acceptors (Lipinski definition) is 5. The normalized spacial score (nSPS) is 30.6. The van der Waals surface area contributed by atoms with Gasteiger partial charge in [-0.2, -0.15) is 0 Å². The second-order valence-corrected chi connectivity index (χ2v) is 5.74. The van der Waals surface area contributed by atoms with Crippen molar-refractivity contribution in [1.82, 2.24) is 0 Å². The lowest BCUT2D eigenvalue weighted by Crippen LogP contribution is -2.41. The molecule has 0 saturated carbocycles. The van der Waals surface area contributed by atoms with Crippen LogP contribution in [0, 0.1) is 0 Å². The standard InChI is InChI=1S/C15H30O5/c1-10(2)18-9-13-15(19-11(3)4)14(12(5)20-13)17-8-7-16-6/h10-15H,7-9H2,1-6H3/t12-,13+,14+,15?/m0/s1. The molecule has 1 aliphatic heterocycles. The Bertz CT molecular complexity index is 257. The average molecular weight is 290 g/mol. The summed E-state index contributed by atoms with van der Waals surface area (Å²) in [6.07, 6.45) is 0.0543. The van der Waals surface area contributed by atoms with Crippen molar-refractivity contribution in [2.75, 3.05) is 26.9 Å². The van der Waals surface area contributed by atoms with Crippen molar-refractivity contribution in [3.05, 3.63) is 0 Å². The summed E-state index contributed by atoms with van der Waals surface area (Å²) in [5, 5.41) is 0. The molecule has 5 heteroatoms. The van der Waals surface area contributed by atoms with E-state index in [1.807, 2.05) is 34.6 Å². The van der Waals surface area contributed by atoms with E-state index in [2.05, 4.69) is 0 Å². The van der Waals surface area contributed by atoms with Crippen LogP contribution in [0.3, 0.4) is 0 Å². The van der Waals surface area contributed by atoms with Gasteiger partial charge in [-0.3, -0.25) is 0 Å². The van der Waals surface area contributed by atoms with Crippen LogP contribution in [-0.4, -0.2) is 63.6 Å². The maximum Gasteiger partial charge on any atom is 0.115 e. The van der Waals surface area contributed by atoms with Gasteiger partial charge in [-0.25, -0.2) is 0 Å². The molecule has 1 fully saturated rings. The highest BCUT2D eigenvalue weighted by Crippen LogP contribution is 2.28. The lowest BCUT2D eigenvalue weighted by molar-refractivity contribution is -0.106. The summed E-state index contributed by atoms with van der Waals surface area (Å²) in [4.78, 5) is 0. The molecule has 0 aromatic rings. The molecule has 1 rings (SSSR count). The number of methoxy groups -OCH3 is 1. The van der Waals surface area contributed by atoms with Gasteiger partial charge >= 0.3 is 0 Å². The minimum absolute atomic E-state index is 0.00336. The summed E-state index contributed by atoms with van der Waals surface area (Å²) in [5.41, 5.74) is 0. The number of rotatable bonds is 9. The molecule has 0 amide bonds. The predicted octanol–water partition coefficient (Wildman–Crippen LogP) is 2.02. The average Bonchev–Trinajstić information content (AvgIpc) is 2.64. The minimum Gasteiger partial charge on any atom is -0.382 e. The molecule has 0 spiro atoms. The summed E-state index contributed by atoms with van der Waals surface area (Å²) in [6, 6.07) is 0. The Hall–Kier alpha value is -0.200. The summed E-state index contributed by atoms with van der Waals surface area (Å²) < 4.78 is 28.5. The zero-order chi connectivity index (χ0) is 15.1. The van der Waals surface area contributed by atoms with Crippen molar-refractivity contribution in [2.45, 2.75) is 71.2 Å². The fraction of sp³-hybridized carbons (Fsp3) is 1.00. The molecule has 0 aliphatic carbocycles. The van der Waals surface area contributed by atoms with E-state index in [-0.39, 0.29) is 36.6 Å². The van der Waals surface area contributed by atoms with Gasteiger partial charge < -0.3 is 23.7 Å². The van der Waals surface area contributed by atoms with Gasteiger partial charge in [0.2, 0.25) is 0 Å². The number of hydrogen-bond donors (Lipinski definition) is 0. The quantitative estimate of drug-likeness (QED) is 0.608. The van der Waals surface area contributed by atoms with Crippen LogP contribution in [0.4, 0.5) is 0 Å². The first-order valence-corrected chi connectivity index (χ1v) is 7.48. The van der Waals surface area contributed by atoms with E-state index < -0.39 is 0 Å². The van der Waals surface area contributed by atoms with Crippen molar-refractivity contribution >= 4 is 0 Å². The van der Waals surface area contributed by atoms with E-state index in [1.165, 1.54) is 0 Å². The summed E-state index contributed by atoms with van der Waals surface area (Å²) in [6.45, 7) is 11.8. The molecule has 4 atom stereocenters. The second-order valence-electron chi connectivity index (χ2n) is 5.74. The van der Waals surface area contributed by atoms with E-state index in [4.69, 9.17) is 23.7 Å². The fourth-order valence-electron chi connectivity index (χ4n) is 2.31. The molecule has 5 nitrogen and oxygen atoms in total. The highest BCUT2D eigenvalue weighted by molar-refractivity contribution is 4.91. The molecule has 0 aromatic heterocycles. The summed E-state index contributed by atoms with van der Waals surface area (Å²) >= 11 is 0. The Labute approximate surface area is 122 Å². The Morgan fingerprint density at radius 1 is 1.00 bits per heavy atom. The van der Waals surface area contributed by atoms with Gasteiger partial charge in [0.25, 0.3) is 0 Å². The van der Waals surface area contributed by atoms with Crippen LogP contribution in [0.25, 0.3) is 0 Å². The Kier molecular flexibility index (Phi) is 7.99. The molecule has 1 saturated heterocycles. The van der Waals surface area contributed by atoms with E-state index >= 15 is 0 Å². The van der Waals surface area contributed by atoms with Gasteiger partial charge in [-0.15, -0.1) is 0 Å². The topological polar surface area (TPSA) is 46.2 Å². The number of ether oxygens (including phenoxy) is 5. The van der Waals surface area contributed by atoms with Gasteiger partial charge in [0.1, 0.15) is 18.3 Å². The van der Waals surface area contributed by atoms with Crippen LogP contribution < -0.4 is 0 Å². The van der Waals surface area contributed by atoms with Crippen LogP contribution in [0.5, 0.6) is 0 Å². The highest BCUT2D eigenvalue weighted by atomic mass is 16.6.